The van der Waals surface area contributed by atoms with Crippen molar-refractivity contribution >= 4 is 17.4 Å². The summed E-state index contributed by atoms with van der Waals surface area (Å²) in [6.07, 6.45) is 5.59. The van der Waals surface area contributed by atoms with Crippen LogP contribution in [0.5, 0.6) is 0 Å². The van der Waals surface area contributed by atoms with Gasteiger partial charge in [0.2, 0.25) is 0 Å². The Morgan fingerprint density at radius 1 is 1.08 bits per heavy atom. The standard InChI is InChI=1S/C20H32N4O/c1-16(2)15-21-20(25)22-17-7-9-19(10-8-17)24-13-11-23(12-14-24)18-5-3-4-6-18/h7-10,16,18H,3-6,11-15H2,1-2H3,(H2,21,22,25). The molecule has 1 saturated carbocycles. The Morgan fingerprint density at radius 2 is 1.72 bits per heavy atom. The molecule has 0 bridgehead atoms. The second kappa shape index (κ2) is 8.56. The lowest BCUT2D eigenvalue weighted by Crippen LogP contribution is -2.49. The summed E-state index contributed by atoms with van der Waals surface area (Å²) in [5.74, 6) is 0.455. The molecule has 2 aliphatic rings. The van der Waals surface area contributed by atoms with Crippen LogP contribution in [0.25, 0.3) is 0 Å². The maximum absolute atomic E-state index is 11.8. The molecule has 0 atom stereocenters. The Bertz CT molecular complexity index is 543. The number of hydrogen-bond donors (Lipinski definition) is 2. The van der Waals surface area contributed by atoms with E-state index >= 15 is 0 Å². The van der Waals surface area contributed by atoms with Gasteiger partial charge in [0.15, 0.2) is 0 Å². The summed E-state index contributed by atoms with van der Waals surface area (Å²) in [5.41, 5.74) is 2.09. The number of piperazine rings is 1. The number of benzene rings is 1. The van der Waals surface area contributed by atoms with Gasteiger partial charge in [0.1, 0.15) is 0 Å². The zero-order valence-electron chi connectivity index (χ0n) is 15.6. The maximum atomic E-state index is 11.8. The highest BCUT2D eigenvalue weighted by atomic mass is 16.2. The number of hydrogen-bond acceptors (Lipinski definition) is 3. The van der Waals surface area contributed by atoms with E-state index in [4.69, 9.17) is 0 Å². The second-order valence-corrected chi connectivity index (χ2v) is 7.74. The van der Waals surface area contributed by atoms with E-state index < -0.39 is 0 Å². The normalized spacial score (nSPS) is 19.4. The molecular formula is C20H32N4O. The number of anilines is 2. The van der Waals surface area contributed by atoms with Crippen LogP contribution in [0.3, 0.4) is 0 Å². The van der Waals surface area contributed by atoms with Crippen LogP contribution < -0.4 is 15.5 Å². The van der Waals surface area contributed by atoms with Gasteiger partial charge in [0, 0.05) is 50.1 Å². The van der Waals surface area contributed by atoms with Crippen LogP contribution in [0.15, 0.2) is 24.3 Å². The Labute approximate surface area is 151 Å². The van der Waals surface area contributed by atoms with E-state index in [1.165, 1.54) is 44.5 Å². The summed E-state index contributed by atoms with van der Waals surface area (Å²) in [5, 5.41) is 5.77. The quantitative estimate of drug-likeness (QED) is 0.859. The predicted molar refractivity (Wildman–Crippen MR) is 104 cm³/mol. The minimum atomic E-state index is -0.133. The van der Waals surface area contributed by atoms with Crippen LogP contribution in [0.2, 0.25) is 0 Å². The monoisotopic (exact) mass is 344 g/mol. The molecule has 138 valence electrons. The molecule has 2 N–H and O–H groups in total. The molecule has 3 rings (SSSR count). The molecule has 0 aromatic heterocycles. The number of amides is 2. The molecule has 25 heavy (non-hydrogen) atoms. The van der Waals surface area contributed by atoms with Crippen molar-refractivity contribution in [2.45, 2.75) is 45.6 Å². The van der Waals surface area contributed by atoms with Gasteiger partial charge in [-0.05, 0) is 43.0 Å². The van der Waals surface area contributed by atoms with Gasteiger partial charge in [-0.2, -0.15) is 0 Å². The van der Waals surface area contributed by atoms with Gasteiger partial charge in [0.25, 0.3) is 0 Å². The highest BCUT2D eigenvalue weighted by Crippen LogP contribution is 2.26. The van der Waals surface area contributed by atoms with Gasteiger partial charge in [-0.1, -0.05) is 26.7 Å². The molecule has 1 aromatic carbocycles. The smallest absolute Gasteiger partial charge is 0.319 e. The highest BCUT2D eigenvalue weighted by Gasteiger charge is 2.26. The molecule has 5 nitrogen and oxygen atoms in total. The third-order valence-electron chi connectivity index (χ3n) is 5.32. The first-order valence-electron chi connectivity index (χ1n) is 9.76. The molecule has 2 fully saturated rings. The van der Waals surface area contributed by atoms with Crippen molar-refractivity contribution in [1.29, 1.82) is 0 Å². The van der Waals surface area contributed by atoms with E-state index in [-0.39, 0.29) is 6.03 Å². The van der Waals surface area contributed by atoms with Gasteiger partial charge in [0.05, 0.1) is 0 Å². The summed E-state index contributed by atoms with van der Waals surface area (Å²) in [6.45, 7) is 9.39. The van der Waals surface area contributed by atoms with Crippen molar-refractivity contribution in [3.8, 4) is 0 Å². The molecule has 1 aliphatic carbocycles. The lowest BCUT2D eigenvalue weighted by atomic mass is 10.1. The highest BCUT2D eigenvalue weighted by molar-refractivity contribution is 5.89. The average Bonchev–Trinajstić information content (AvgIpc) is 3.15. The first-order chi connectivity index (χ1) is 12.1. The minimum absolute atomic E-state index is 0.133. The summed E-state index contributed by atoms with van der Waals surface area (Å²) in [7, 11) is 0. The third-order valence-corrected chi connectivity index (χ3v) is 5.32. The van der Waals surface area contributed by atoms with Gasteiger partial charge >= 0.3 is 6.03 Å². The fraction of sp³-hybridized carbons (Fsp3) is 0.650. The van der Waals surface area contributed by atoms with Crippen LogP contribution in [-0.2, 0) is 0 Å². The zero-order valence-corrected chi connectivity index (χ0v) is 15.6. The van der Waals surface area contributed by atoms with E-state index in [1.807, 2.05) is 12.1 Å². The number of nitrogens with one attached hydrogen (secondary N) is 2. The molecule has 0 radical (unpaired) electrons. The predicted octanol–water partition coefficient (Wildman–Crippen LogP) is 3.53. The molecular weight excluding hydrogens is 312 g/mol. The fourth-order valence-corrected chi connectivity index (χ4v) is 3.84. The van der Waals surface area contributed by atoms with Crippen LogP contribution >= 0.6 is 0 Å². The largest absolute Gasteiger partial charge is 0.369 e. The molecule has 5 heteroatoms. The van der Waals surface area contributed by atoms with Crippen LogP contribution in [-0.4, -0.2) is 49.7 Å². The molecule has 1 saturated heterocycles. The minimum Gasteiger partial charge on any atom is -0.369 e. The topological polar surface area (TPSA) is 47.6 Å². The summed E-state index contributed by atoms with van der Waals surface area (Å²) >= 11 is 0. The Morgan fingerprint density at radius 3 is 2.32 bits per heavy atom. The Balaban J connectivity index is 1.47. The molecule has 1 heterocycles. The maximum Gasteiger partial charge on any atom is 0.319 e. The van der Waals surface area contributed by atoms with E-state index in [2.05, 4.69) is 46.4 Å². The Hall–Kier alpha value is -1.75. The van der Waals surface area contributed by atoms with Crippen molar-refractivity contribution in [2.75, 3.05) is 42.9 Å². The van der Waals surface area contributed by atoms with E-state index in [0.29, 0.717) is 12.5 Å². The first kappa shape index (κ1) is 18.1. The molecule has 2 amide bonds. The van der Waals surface area contributed by atoms with Crippen LogP contribution in [0.1, 0.15) is 39.5 Å². The van der Waals surface area contributed by atoms with Crippen molar-refractivity contribution in [3.05, 3.63) is 24.3 Å². The van der Waals surface area contributed by atoms with Crippen LogP contribution in [0.4, 0.5) is 16.2 Å². The fourth-order valence-electron chi connectivity index (χ4n) is 3.84. The number of carbonyl (C=O) groups excluding carboxylic acids is 1. The second-order valence-electron chi connectivity index (χ2n) is 7.74. The lowest BCUT2D eigenvalue weighted by molar-refractivity contribution is 0.187. The summed E-state index contributed by atoms with van der Waals surface area (Å²) in [4.78, 5) is 17.0. The third kappa shape index (κ3) is 5.11. The summed E-state index contributed by atoms with van der Waals surface area (Å²) < 4.78 is 0. The van der Waals surface area contributed by atoms with Crippen molar-refractivity contribution in [1.82, 2.24) is 10.2 Å². The number of nitrogens with zero attached hydrogens (tertiary/aromatic N) is 2. The van der Waals surface area contributed by atoms with Gasteiger partial charge in [-0.15, -0.1) is 0 Å². The molecule has 0 unspecified atom stereocenters. The molecule has 0 spiro atoms. The Kier molecular flexibility index (Phi) is 6.19. The number of urea groups is 1. The van der Waals surface area contributed by atoms with Crippen molar-refractivity contribution in [3.63, 3.8) is 0 Å². The lowest BCUT2D eigenvalue weighted by Gasteiger charge is -2.39. The van der Waals surface area contributed by atoms with Crippen molar-refractivity contribution in [2.24, 2.45) is 5.92 Å². The van der Waals surface area contributed by atoms with E-state index in [0.717, 1.165) is 24.8 Å². The zero-order chi connectivity index (χ0) is 17.6. The SMILES string of the molecule is CC(C)CNC(=O)Nc1ccc(N2CCN(C3CCCC3)CC2)cc1. The van der Waals surface area contributed by atoms with E-state index in [9.17, 15) is 4.79 Å². The van der Waals surface area contributed by atoms with Crippen molar-refractivity contribution < 1.29 is 4.79 Å². The summed E-state index contributed by atoms with van der Waals surface area (Å²) in [6, 6.07) is 8.91. The number of carbonyl (C=O) groups is 1. The average molecular weight is 345 g/mol. The van der Waals surface area contributed by atoms with Crippen LogP contribution in [0, 0.1) is 5.92 Å². The first-order valence-corrected chi connectivity index (χ1v) is 9.76. The molecule has 1 aliphatic heterocycles. The number of rotatable bonds is 5. The molecule has 1 aromatic rings. The van der Waals surface area contributed by atoms with E-state index in [1.54, 1.807) is 0 Å². The van der Waals surface area contributed by atoms with Gasteiger partial charge in [-0.25, -0.2) is 4.79 Å². The van der Waals surface area contributed by atoms with Gasteiger partial charge in [-0.3, -0.25) is 4.90 Å². The van der Waals surface area contributed by atoms with Gasteiger partial charge < -0.3 is 15.5 Å².